The van der Waals surface area contributed by atoms with E-state index in [-0.39, 0.29) is 12.2 Å². The summed E-state index contributed by atoms with van der Waals surface area (Å²) in [6.07, 6.45) is 0. The average Bonchev–Trinajstić information content (AvgIpc) is 2.87. The molecule has 0 saturated carbocycles. The monoisotopic (exact) mass is 365 g/mol. The summed E-state index contributed by atoms with van der Waals surface area (Å²) in [5.41, 5.74) is 0.780. The van der Waals surface area contributed by atoms with Gasteiger partial charge in [-0.2, -0.15) is 0 Å². The number of aromatic nitrogens is 1. The molecule has 106 valence electrons. The SMILES string of the molecule is O=C(OCc1nc2ccccc2s1)c1ccc(Br)cc1F. The number of fused-ring (bicyclic) bond motifs is 1. The summed E-state index contributed by atoms with van der Waals surface area (Å²) in [4.78, 5) is 16.2. The number of ether oxygens (including phenoxy) is 1. The molecule has 0 aliphatic carbocycles. The molecule has 0 fully saturated rings. The van der Waals surface area contributed by atoms with E-state index in [9.17, 15) is 9.18 Å². The van der Waals surface area contributed by atoms with Crippen molar-refractivity contribution in [2.45, 2.75) is 6.61 Å². The van der Waals surface area contributed by atoms with Crippen molar-refractivity contribution in [2.24, 2.45) is 0 Å². The number of benzene rings is 2. The zero-order chi connectivity index (χ0) is 14.8. The Morgan fingerprint density at radius 1 is 1.29 bits per heavy atom. The number of hydrogen-bond donors (Lipinski definition) is 0. The van der Waals surface area contributed by atoms with Gasteiger partial charge in [-0.05, 0) is 30.3 Å². The van der Waals surface area contributed by atoms with Gasteiger partial charge in [0.2, 0.25) is 0 Å². The van der Waals surface area contributed by atoms with Crippen LogP contribution in [0, 0.1) is 5.82 Å². The molecule has 0 aliphatic heterocycles. The number of carbonyl (C=O) groups excluding carboxylic acids is 1. The van der Waals surface area contributed by atoms with Crippen LogP contribution >= 0.6 is 27.3 Å². The molecule has 3 aromatic rings. The Balaban J connectivity index is 1.73. The van der Waals surface area contributed by atoms with E-state index in [1.54, 1.807) is 6.07 Å². The van der Waals surface area contributed by atoms with Crippen LogP contribution in [0.25, 0.3) is 10.2 Å². The minimum absolute atomic E-state index is 0.0354. The molecule has 0 saturated heterocycles. The lowest BCUT2D eigenvalue weighted by Gasteiger charge is -2.04. The molecule has 0 N–H and O–H groups in total. The van der Waals surface area contributed by atoms with Crippen molar-refractivity contribution in [3.8, 4) is 0 Å². The lowest BCUT2D eigenvalue weighted by Crippen LogP contribution is -2.07. The average molecular weight is 366 g/mol. The molecule has 0 radical (unpaired) electrons. The van der Waals surface area contributed by atoms with E-state index in [2.05, 4.69) is 20.9 Å². The third-order valence-electron chi connectivity index (χ3n) is 2.82. The maximum atomic E-state index is 13.7. The lowest BCUT2D eigenvalue weighted by atomic mass is 10.2. The first-order valence-corrected chi connectivity index (χ1v) is 7.71. The molecule has 3 nitrogen and oxygen atoms in total. The maximum Gasteiger partial charge on any atom is 0.341 e. The first-order chi connectivity index (χ1) is 10.1. The van der Waals surface area contributed by atoms with Gasteiger partial charge in [-0.15, -0.1) is 11.3 Å². The first-order valence-electron chi connectivity index (χ1n) is 6.10. The van der Waals surface area contributed by atoms with Gasteiger partial charge < -0.3 is 4.74 Å². The molecule has 0 amide bonds. The normalized spacial score (nSPS) is 10.8. The van der Waals surface area contributed by atoms with Gasteiger partial charge in [0.05, 0.1) is 15.8 Å². The Labute approximate surface area is 132 Å². The lowest BCUT2D eigenvalue weighted by molar-refractivity contribution is 0.0467. The van der Waals surface area contributed by atoms with Crippen LogP contribution in [0.4, 0.5) is 4.39 Å². The number of para-hydroxylation sites is 1. The number of nitrogens with zero attached hydrogens (tertiary/aromatic N) is 1. The minimum Gasteiger partial charge on any atom is -0.455 e. The molecule has 2 aromatic carbocycles. The van der Waals surface area contributed by atoms with E-state index in [0.29, 0.717) is 9.48 Å². The number of rotatable bonds is 3. The fourth-order valence-electron chi connectivity index (χ4n) is 1.84. The summed E-state index contributed by atoms with van der Waals surface area (Å²) in [7, 11) is 0. The topological polar surface area (TPSA) is 39.2 Å². The Kier molecular flexibility index (Phi) is 3.98. The van der Waals surface area contributed by atoms with Crippen LogP contribution in [0.15, 0.2) is 46.9 Å². The smallest absolute Gasteiger partial charge is 0.341 e. The standard InChI is InChI=1S/C15H9BrFNO2S/c16-9-5-6-10(11(17)7-9)15(19)20-8-14-18-12-3-1-2-4-13(12)21-14/h1-7H,8H2. The summed E-state index contributed by atoms with van der Waals surface area (Å²) < 4.78 is 20.4. The van der Waals surface area contributed by atoms with Crippen LogP contribution in [-0.4, -0.2) is 11.0 Å². The number of esters is 1. The van der Waals surface area contributed by atoms with Crippen LogP contribution in [0.2, 0.25) is 0 Å². The summed E-state index contributed by atoms with van der Waals surface area (Å²) in [6, 6.07) is 11.9. The highest BCUT2D eigenvalue weighted by Gasteiger charge is 2.14. The second-order valence-electron chi connectivity index (χ2n) is 4.28. The second-order valence-corrected chi connectivity index (χ2v) is 6.31. The van der Waals surface area contributed by atoms with Gasteiger partial charge in [0.15, 0.2) is 0 Å². The molecule has 6 heteroatoms. The molecular weight excluding hydrogens is 357 g/mol. The summed E-state index contributed by atoms with van der Waals surface area (Å²) in [5.74, 6) is -1.31. The molecule has 0 atom stereocenters. The Morgan fingerprint density at radius 2 is 2.10 bits per heavy atom. The molecule has 0 spiro atoms. The zero-order valence-electron chi connectivity index (χ0n) is 10.7. The fraction of sp³-hybridized carbons (Fsp3) is 0.0667. The molecule has 3 rings (SSSR count). The van der Waals surface area contributed by atoms with E-state index in [4.69, 9.17) is 4.74 Å². The molecule has 0 bridgehead atoms. The van der Waals surface area contributed by atoms with E-state index in [1.807, 2.05) is 24.3 Å². The van der Waals surface area contributed by atoms with Crippen molar-refractivity contribution in [3.05, 3.63) is 63.3 Å². The zero-order valence-corrected chi connectivity index (χ0v) is 13.1. The number of carbonyl (C=O) groups is 1. The van der Waals surface area contributed by atoms with E-state index in [0.717, 1.165) is 10.2 Å². The van der Waals surface area contributed by atoms with Crippen molar-refractivity contribution in [1.29, 1.82) is 0 Å². The van der Waals surface area contributed by atoms with Crippen molar-refractivity contribution in [2.75, 3.05) is 0 Å². The number of halogens is 2. The molecule has 1 heterocycles. The number of hydrogen-bond acceptors (Lipinski definition) is 4. The third kappa shape index (κ3) is 3.11. The van der Waals surface area contributed by atoms with Crippen molar-refractivity contribution in [3.63, 3.8) is 0 Å². The van der Waals surface area contributed by atoms with Crippen LogP contribution in [0.1, 0.15) is 15.4 Å². The van der Waals surface area contributed by atoms with Crippen LogP contribution < -0.4 is 0 Å². The quantitative estimate of drug-likeness (QED) is 0.639. The molecule has 0 aliphatic rings. The van der Waals surface area contributed by atoms with Gasteiger partial charge in [-0.25, -0.2) is 14.2 Å². The highest BCUT2D eigenvalue weighted by molar-refractivity contribution is 9.10. The highest BCUT2D eigenvalue weighted by Crippen LogP contribution is 2.22. The van der Waals surface area contributed by atoms with Gasteiger partial charge in [0.1, 0.15) is 17.4 Å². The number of thiazole rings is 1. The van der Waals surface area contributed by atoms with Gasteiger partial charge in [-0.1, -0.05) is 28.1 Å². The summed E-state index contributed by atoms with van der Waals surface area (Å²) in [6.45, 7) is 0.0354. The Hall–Kier alpha value is -1.79. The van der Waals surface area contributed by atoms with Gasteiger partial charge in [0, 0.05) is 4.47 Å². The van der Waals surface area contributed by atoms with Crippen LogP contribution in [-0.2, 0) is 11.3 Å². The Bertz CT molecular complexity index is 785. The second kappa shape index (κ2) is 5.91. The predicted octanol–water partition coefficient (Wildman–Crippen LogP) is 4.55. The molecule has 0 unspecified atom stereocenters. The summed E-state index contributed by atoms with van der Waals surface area (Å²) >= 11 is 4.59. The minimum atomic E-state index is -0.695. The summed E-state index contributed by atoms with van der Waals surface area (Å²) in [5, 5.41) is 0.682. The van der Waals surface area contributed by atoms with Crippen LogP contribution in [0.5, 0.6) is 0 Å². The molecule has 21 heavy (non-hydrogen) atoms. The van der Waals surface area contributed by atoms with Crippen molar-refractivity contribution >= 4 is 43.5 Å². The van der Waals surface area contributed by atoms with Gasteiger partial charge in [0.25, 0.3) is 0 Å². The first kappa shape index (κ1) is 14.2. The predicted molar refractivity (Wildman–Crippen MR) is 82.8 cm³/mol. The Morgan fingerprint density at radius 3 is 2.86 bits per heavy atom. The van der Waals surface area contributed by atoms with Gasteiger partial charge >= 0.3 is 5.97 Å². The third-order valence-corrected chi connectivity index (χ3v) is 4.32. The van der Waals surface area contributed by atoms with E-state index < -0.39 is 11.8 Å². The van der Waals surface area contributed by atoms with Crippen molar-refractivity contribution in [1.82, 2.24) is 4.98 Å². The highest BCUT2D eigenvalue weighted by atomic mass is 79.9. The molecule has 1 aromatic heterocycles. The van der Waals surface area contributed by atoms with E-state index >= 15 is 0 Å². The fourth-order valence-corrected chi connectivity index (χ4v) is 3.06. The largest absolute Gasteiger partial charge is 0.455 e. The van der Waals surface area contributed by atoms with Gasteiger partial charge in [-0.3, -0.25) is 0 Å². The van der Waals surface area contributed by atoms with Crippen molar-refractivity contribution < 1.29 is 13.9 Å². The maximum absolute atomic E-state index is 13.7. The van der Waals surface area contributed by atoms with Crippen LogP contribution in [0.3, 0.4) is 0 Å². The van der Waals surface area contributed by atoms with E-state index in [1.165, 1.54) is 23.5 Å². The molecular formula is C15H9BrFNO2S.